The monoisotopic (exact) mass is 427 g/mol. The topological polar surface area (TPSA) is 77.0 Å². The first kappa shape index (κ1) is 23.2. The van der Waals surface area contributed by atoms with Gasteiger partial charge in [-0.05, 0) is 52.1 Å². The predicted octanol–water partition coefficient (Wildman–Crippen LogP) is 1.73. The van der Waals surface area contributed by atoms with Crippen molar-refractivity contribution >= 4 is 16.0 Å². The molecule has 0 aromatic carbocycles. The first-order valence-corrected chi connectivity index (χ1v) is 11.5. The molecule has 0 saturated carbocycles. The molecule has 2 rings (SSSR count). The number of alkyl halides is 3. The summed E-state index contributed by atoms with van der Waals surface area (Å²) in [6.45, 7) is 7.34. The second-order valence-corrected chi connectivity index (χ2v) is 9.22. The SMILES string of the molecule is CCNC(=NCC(CC)N1CCCC1)NC1CCN(S(=O)(=O)C(F)(F)F)CC1. The Bertz CT molecular complexity index is 613. The quantitative estimate of drug-likeness (QED) is 0.478. The van der Waals surface area contributed by atoms with Gasteiger partial charge in [-0.15, -0.1) is 0 Å². The molecule has 0 spiro atoms. The van der Waals surface area contributed by atoms with E-state index in [1.54, 1.807) is 0 Å². The molecule has 7 nitrogen and oxygen atoms in total. The van der Waals surface area contributed by atoms with Crippen LogP contribution in [-0.2, 0) is 10.0 Å². The molecule has 2 aliphatic heterocycles. The molecular weight excluding hydrogens is 395 g/mol. The number of likely N-dealkylation sites (tertiary alicyclic amines) is 1. The molecule has 1 atom stereocenters. The van der Waals surface area contributed by atoms with E-state index in [1.807, 2.05) is 6.92 Å². The zero-order valence-electron chi connectivity index (χ0n) is 16.6. The summed E-state index contributed by atoms with van der Waals surface area (Å²) in [5.74, 6) is 0.636. The molecule has 2 saturated heterocycles. The molecule has 0 aromatic rings. The summed E-state index contributed by atoms with van der Waals surface area (Å²) in [6.07, 6.45) is 4.07. The van der Waals surface area contributed by atoms with Crippen LogP contribution in [0.5, 0.6) is 0 Å². The highest BCUT2D eigenvalue weighted by molar-refractivity contribution is 7.90. The van der Waals surface area contributed by atoms with Gasteiger partial charge in [0, 0.05) is 31.7 Å². The molecule has 28 heavy (non-hydrogen) atoms. The van der Waals surface area contributed by atoms with E-state index < -0.39 is 15.5 Å². The third kappa shape index (κ3) is 5.96. The van der Waals surface area contributed by atoms with Crippen molar-refractivity contribution in [2.24, 2.45) is 4.99 Å². The van der Waals surface area contributed by atoms with E-state index in [1.165, 1.54) is 12.8 Å². The highest BCUT2D eigenvalue weighted by Crippen LogP contribution is 2.28. The summed E-state index contributed by atoms with van der Waals surface area (Å²) in [5.41, 5.74) is -5.24. The number of guanidine groups is 1. The first-order chi connectivity index (χ1) is 13.2. The van der Waals surface area contributed by atoms with Gasteiger partial charge in [0.2, 0.25) is 0 Å². The van der Waals surface area contributed by atoms with Crippen molar-refractivity contribution in [3.8, 4) is 0 Å². The van der Waals surface area contributed by atoms with Crippen molar-refractivity contribution in [2.45, 2.75) is 63.5 Å². The van der Waals surface area contributed by atoms with Crippen molar-refractivity contribution in [3.63, 3.8) is 0 Å². The average molecular weight is 428 g/mol. The van der Waals surface area contributed by atoms with Gasteiger partial charge >= 0.3 is 15.5 Å². The molecule has 2 fully saturated rings. The normalized spacial score (nSPS) is 22.4. The van der Waals surface area contributed by atoms with Crippen LogP contribution in [0.3, 0.4) is 0 Å². The Morgan fingerprint density at radius 3 is 2.25 bits per heavy atom. The van der Waals surface area contributed by atoms with E-state index in [0.717, 1.165) is 19.5 Å². The molecule has 0 aromatic heterocycles. The molecule has 0 radical (unpaired) electrons. The fourth-order valence-corrected chi connectivity index (χ4v) is 4.69. The lowest BCUT2D eigenvalue weighted by Gasteiger charge is -2.32. The zero-order valence-corrected chi connectivity index (χ0v) is 17.4. The number of sulfonamides is 1. The maximum atomic E-state index is 12.7. The Kier molecular flexibility index (Phi) is 8.38. The largest absolute Gasteiger partial charge is 0.511 e. The predicted molar refractivity (Wildman–Crippen MR) is 104 cm³/mol. The van der Waals surface area contributed by atoms with E-state index in [0.29, 0.717) is 42.2 Å². The summed E-state index contributed by atoms with van der Waals surface area (Å²) in [6, 6.07) is 0.279. The minimum atomic E-state index is -5.24. The van der Waals surface area contributed by atoms with Gasteiger partial charge in [-0.1, -0.05) is 6.92 Å². The molecule has 2 N–H and O–H groups in total. The zero-order chi connectivity index (χ0) is 20.8. The van der Waals surface area contributed by atoms with Gasteiger partial charge in [0.1, 0.15) is 0 Å². The van der Waals surface area contributed by atoms with E-state index in [-0.39, 0.29) is 19.1 Å². The molecule has 0 amide bonds. The maximum absolute atomic E-state index is 12.7. The minimum absolute atomic E-state index is 0.107. The van der Waals surface area contributed by atoms with Crippen molar-refractivity contribution in [2.75, 3.05) is 39.3 Å². The number of halogens is 3. The summed E-state index contributed by atoms with van der Waals surface area (Å²) in [4.78, 5) is 7.12. The van der Waals surface area contributed by atoms with Crippen LogP contribution in [-0.4, -0.2) is 80.4 Å². The average Bonchev–Trinajstić information content (AvgIpc) is 3.16. The molecular formula is C17H32F3N5O2S. The molecule has 1 unspecified atom stereocenters. The summed E-state index contributed by atoms with van der Waals surface area (Å²) in [5, 5.41) is 6.43. The van der Waals surface area contributed by atoms with Crippen molar-refractivity contribution in [1.29, 1.82) is 0 Å². The van der Waals surface area contributed by atoms with Crippen LogP contribution in [0, 0.1) is 0 Å². The number of rotatable bonds is 7. The Balaban J connectivity index is 1.90. The van der Waals surface area contributed by atoms with Gasteiger partial charge in [0.15, 0.2) is 5.96 Å². The first-order valence-electron chi connectivity index (χ1n) is 10.0. The van der Waals surface area contributed by atoms with E-state index in [4.69, 9.17) is 0 Å². The Morgan fingerprint density at radius 1 is 1.14 bits per heavy atom. The number of hydrogen-bond donors (Lipinski definition) is 2. The molecule has 2 heterocycles. The van der Waals surface area contributed by atoms with Crippen molar-refractivity contribution in [1.82, 2.24) is 19.8 Å². The lowest BCUT2D eigenvalue weighted by molar-refractivity contribution is -0.0494. The Labute approximate surface area is 165 Å². The van der Waals surface area contributed by atoms with Crippen LogP contribution in [0.25, 0.3) is 0 Å². The third-order valence-electron chi connectivity index (χ3n) is 5.36. The second kappa shape index (κ2) is 10.1. The van der Waals surface area contributed by atoms with Gasteiger partial charge in [-0.3, -0.25) is 9.89 Å². The van der Waals surface area contributed by atoms with Crippen LogP contribution < -0.4 is 10.6 Å². The smallest absolute Gasteiger partial charge is 0.357 e. The van der Waals surface area contributed by atoms with Crippen LogP contribution >= 0.6 is 0 Å². The number of nitrogens with zero attached hydrogens (tertiary/aromatic N) is 3. The number of aliphatic imine (C=N–C) groups is 1. The minimum Gasteiger partial charge on any atom is -0.357 e. The van der Waals surface area contributed by atoms with Gasteiger partial charge in [0.25, 0.3) is 0 Å². The van der Waals surface area contributed by atoms with Crippen LogP contribution in [0.2, 0.25) is 0 Å². The van der Waals surface area contributed by atoms with Gasteiger partial charge in [-0.2, -0.15) is 17.5 Å². The van der Waals surface area contributed by atoms with E-state index in [9.17, 15) is 21.6 Å². The van der Waals surface area contributed by atoms with Crippen LogP contribution in [0.15, 0.2) is 4.99 Å². The van der Waals surface area contributed by atoms with Crippen molar-refractivity contribution < 1.29 is 21.6 Å². The van der Waals surface area contributed by atoms with Crippen LogP contribution in [0.4, 0.5) is 13.2 Å². The number of piperidine rings is 1. The third-order valence-corrected chi connectivity index (χ3v) is 6.99. The standard InChI is InChI=1S/C17H32F3N5O2S/c1-3-15(24-9-5-6-10-24)13-22-16(21-4-2)23-14-7-11-25(12-8-14)28(26,27)17(18,19)20/h14-15H,3-13H2,1-2H3,(H2,21,22,23). The van der Waals surface area contributed by atoms with Gasteiger partial charge in [-0.25, -0.2) is 8.42 Å². The summed E-state index contributed by atoms with van der Waals surface area (Å²) >= 11 is 0. The second-order valence-electron chi connectivity index (χ2n) is 7.29. The molecule has 11 heteroatoms. The van der Waals surface area contributed by atoms with Gasteiger partial charge in [0.05, 0.1) is 6.54 Å². The summed E-state index contributed by atoms with van der Waals surface area (Å²) < 4.78 is 61.6. The molecule has 2 aliphatic rings. The molecule has 0 aliphatic carbocycles. The lowest BCUT2D eigenvalue weighted by atomic mass is 10.1. The summed E-state index contributed by atoms with van der Waals surface area (Å²) in [7, 11) is -5.24. The highest BCUT2D eigenvalue weighted by Gasteiger charge is 2.50. The fraction of sp³-hybridized carbons (Fsp3) is 0.941. The number of hydrogen-bond acceptors (Lipinski definition) is 4. The fourth-order valence-electron chi connectivity index (χ4n) is 3.71. The lowest BCUT2D eigenvalue weighted by Crippen LogP contribution is -2.51. The van der Waals surface area contributed by atoms with Crippen LogP contribution in [0.1, 0.15) is 46.0 Å². The maximum Gasteiger partial charge on any atom is 0.511 e. The molecule has 0 bridgehead atoms. The Morgan fingerprint density at radius 2 is 1.75 bits per heavy atom. The van der Waals surface area contributed by atoms with Gasteiger partial charge < -0.3 is 10.6 Å². The van der Waals surface area contributed by atoms with E-state index in [2.05, 4.69) is 27.4 Å². The Hall–Kier alpha value is -1.07. The van der Waals surface area contributed by atoms with E-state index >= 15 is 0 Å². The van der Waals surface area contributed by atoms with Crippen molar-refractivity contribution in [3.05, 3.63) is 0 Å². The highest BCUT2D eigenvalue weighted by atomic mass is 32.2. The number of nitrogens with one attached hydrogen (secondary N) is 2. The molecule has 164 valence electrons.